The maximum atomic E-state index is 12.7. The van der Waals surface area contributed by atoms with Crippen LogP contribution in [0.25, 0.3) is 0 Å². The average molecular weight is 356 g/mol. The minimum absolute atomic E-state index is 0.218. The molecular weight excluding hydrogens is 340 g/mol. The summed E-state index contributed by atoms with van der Waals surface area (Å²) in [5.41, 5.74) is -0.760. The van der Waals surface area contributed by atoms with E-state index in [1.54, 1.807) is 0 Å². The van der Waals surface area contributed by atoms with E-state index in [1.165, 1.54) is 6.92 Å². The lowest BCUT2D eigenvalue weighted by Gasteiger charge is -2.26. The van der Waals surface area contributed by atoms with Crippen LogP contribution in [0.3, 0.4) is 0 Å². The van der Waals surface area contributed by atoms with Gasteiger partial charge in [0.05, 0.1) is 9.82 Å². The van der Waals surface area contributed by atoms with E-state index in [0.717, 1.165) is 29.4 Å². The Morgan fingerprint density at radius 1 is 1.33 bits per heavy atom. The fourth-order valence-electron chi connectivity index (χ4n) is 2.30. The molecule has 1 aromatic carbocycles. The van der Waals surface area contributed by atoms with Crippen LogP contribution in [0, 0.1) is 10.1 Å². The molecule has 1 amide bonds. The number of non-ortho nitro benzene ring substituents is 1. The third-order valence-corrected chi connectivity index (χ3v) is 4.82. The van der Waals surface area contributed by atoms with E-state index in [1.807, 2.05) is 0 Å². The number of carbonyl (C=O) groups excluding carboxylic acids is 1. The van der Waals surface area contributed by atoms with E-state index in [0.29, 0.717) is 12.8 Å². The van der Waals surface area contributed by atoms with Gasteiger partial charge in [-0.3, -0.25) is 14.9 Å². The predicted molar refractivity (Wildman–Crippen MR) is 82.5 cm³/mol. The van der Waals surface area contributed by atoms with Gasteiger partial charge in [-0.15, -0.1) is 0 Å². The molecule has 130 valence electrons. The first kappa shape index (κ1) is 17.9. The highest BCUT2D eigenvalue weighted by atomic mass is 32.2. The van der Waals surface area contributed by atoms with Gasteiger partial charge < -0.3 is 10.0 Å². The molecule has 10 heteroatoms. The van der Waals surface area contributed by atoms with Gasteiger partial charge in [0.25, 0.3) is 11.6 Å². The van der Waals surface area contributed by atoms with Gasteiger partial charge in [-0.05, 0) is 25.8 Å². The van der Waals surface area contributed by atoms with Gasteiger partial charge in [-0.1, -0.05) is 0 Å². The first-order valence-corrected chi connectivity index (χ1v) is 8.96. The molecule has 2 rings (SSSR count). The van der Waals surface area contributed by atoms with E-state index in [2.05, 4.69) is 0 Å². The van der Waals surface area contributed by atoms with Crippen LogP contribution in [0.4, 0.5) is 5.69 Å². The highest BCUT2D eigenvalue weighted by Gasteiger charge is 2.39. The summed E-state index contributed by atoms with van der Waals surface area (Å²) in [6.07, 6.45) is 2.15. The number of carboxylic acids is 1. The number of sulfone groups is 1. The molecule has 0 spiro atoms. The number of hydrogen-bond acceptors (Lipinski definition) is 6. The number of aliphatic carboxylic acids is 1. The Kier molecular flexibility index (Phi) is 4.61. The maximum absolute atomic E-state index is 12.7. The number of rotatable bonds is 6. The Bertz CT molecular complexity index is 814. The molecule has 0 radical (unpaired) electrons. The van der Waals surface area contributed by atoms with Gasteiger partial charge in [0, 0.05) is 30.0 Å². The summed E-state index contributed by atoms with van der Waals surface area (Å²) >= 11 is 0. The summed E-state index contributed by atoms with van der Waals surface area (Å²) < 4.78 is 23.4. The van der Waals surface area contributed by atoms with Crippen molar-refractivity contribution >= 4 is 27.4 Å². The van der Waals surface area contributed by atoms with Gasteiger partial charge in [0.15, 0.2) is 9.84 Å². The van der Waals surface area contributed by atoms with Crippen LogP contribution in [-0.2, 0) is 14.6 Å². The molecule has 24 heavy (non-hydrogen) atoms. The molecule has 1 N–H and O–H groups in total. The molecule has 1 aromatic rings. The molecule has 0 aliphatic heterocycles. The molecule has 0 heterocycles. The number of amides is 1. The summed E-state index contributed by atoms with van der Waals surface area (Å²) in [6, 6.07) is 1.49. The normalized spacial score (nSPS) is 15.6. The number of nitrogens with zero attached hydrogens (tertiary/aromatic N) is 2. The van der Waals surface area contributed by atoms with E-state index < -0.39 is 38.4 Å². The van der Waals surface area contributed by atoms with Crippen LogP contribution in [0.5, 0.6) is 0 Å². The van der Waals surface area contributed by atoms with Gasteiger partial charge in [0.2, 0.25) is 0 Å². The molecule has 0 aromatic heterocycles. The molecule has 1 aliphatic rings. The van der Waals surface area contributed by atoms with Crippen molar-refractivity contribution in [1.29, 1.82) is 0 Å². The standard InChI is InChI=1S/C14H16N2O7S/c1-8(14(18)19)15(10-3-4-10)13(17)9-5-11(16(20)21)7-12(6-9)24(2,22)23/h5-8,10H,3-4H2,1-2H3,(H,18,19). The molecule has 0 bridgehead atoms. The molecule has 1 fully saturated rings. The van der Waals surface area contributed by atoms with Crippen molar-refractivity contribution in [3.05, 3.63) is 33.9 Å². The Labute approximate surface area is 138 Å². The van der Waals surface area contributed by atoms with Crippen molar-refractivity contribution in [2.75, 3.05) is 6.26 Å². The molecule has 0 saturated heterocycles. The van der Waals surface area contributed by atoms with Crippen molar-refractivity contribution in [2.45, 2.75) is 36.7 Å². The quantitative estimate of drug-likeness (QED) is 0.595. The summed E-state index contributed by atoms with van der Waals surface area (Å²) in [5.74, 6) is -1.94. The number of carboxylic acid groups (broad SMARTS) is 1. The minimum atomic E-state index is -3.77. The minimum Gasteiger partial charge on any atom is -0.480 e. The van der Waals surface area contributed by atoms with E-state index in [-0.39, 0.29) is 16.5 Å². The summed E-state index contributed by atoms with van der Waals surface area (Å²) in [4.78, 5) is 34.9. The largest absolute Gasteiger partial charge is 0.480 e. The maximum Gasteiger partial charge on any atom is 0.326 e. The fraction of sp³-hybridized carbons (Fsp3) is 0.429. The smallest absolute Gasteiger partial charge is 0.326 e. The predicted octanol–water partition coefficient (Wildman–Crippen LogP) is 1.08. The molecule has 1 saturated carbocycles. The van der Waals surface area contributed by atoms with E-state index in [9.17, 15) is 28.1 Å². The van der Waals surface area contributed by atoms with E-state index >= 15 is 0 Å². The molecular formula is C14H16N2O7S. The van der Waals surface area contributed by atoms with Crippen LogP contribution in [0.2, 0.25) is 0 Å². The zero-order chi connectivity index (χ0) is 18.2. The highest BCUT2D eigenvalue weighted by molar-refractivity contribution is 7.90. The molecule has 1 atom stereocenters. The second-order valence-electron chi connectivity index (χ2n) is 5.70. The second-order valence-corrected chi connectivity index (χ2v) is 7.72. The second kappa shape index (κ2) is 6.19. The zero-order valence-corrected chi connectivity index (χ0v) is 13.8. The van der Waals surface area contributed by atoms with Crippen molar-refractivity contribution in [2.24, 2.45) is 0 Å². The van der Waals surface area contributed by atoms with E-state index in [4.69, 9.17) is 5.11 Å². The summed E-state index contributed by atoms with van der Waals surface area (Å²) in [5, 5.41) is 20.2. The SMILES string of the molecule is CC(C(=O)O)N(C(=O)c1cc([N+](=O)[O-])cc(S(C)(=O)=O)c1)C1CC1. The lowest BCUT2D eigenvalue weighted by atomic mass is 10.1. The lowest BCUT2D eigenvalue weighted by Crippen LogP contribution is -2.44. The number of nitro groups is 1. The molecule has 1 aliphatic carbocycles. The first-order chi connectivity index (χ1) is 11.0. The van der Waals surface area contributed by atoms with Crippen LogP contribution < -0.4 is 0 Å². The van der Waals surface area contributed by atoms with Crippen molar-refractivity contribution in [3.8, 4) is 0 Å². The van der Waals surface area contributed by atoms with Crippen molar-refractivity contribution in [1.82, 2.24) is 4.90 Å². The van der Waals surface area contributed by atoms with Crippen LogP contribution >= 0.6 is 0 Å². The topological polar surface area (TPSA) is 135 Å². The van der Waals surface area contributed by atoms with Gasteiger partial charge in [0.1, 0.15) is 6.04 Å². The first-order valence-electron chi connectivity index (χ1n) is 7.07. The summed E-state index contributed by atoms with van der Waals surface area (Å²) in [7, 11) is -3.77. The Balaban J connectivity index is 2.53. The Morgan fingerprint density at radius 2 is 1.92 bits per heavy atom. The number of nitro benzene ring substituents is 1. The van der Waals surface area contributed by atoms with Crippen molar-refractivity contribution < 1.29 is 28.0 Å². The number of benzene rings is 1. The zero-order valence-electron chi connectivity index (χ0n) is 13.0. The Hall–Kier alpha value is -2.49. The average Bonchev–Trinajstić information content (AvgIpc) is 3.30. The van der Waals surface area contributed by atoms with Crippen molar-refractivity contribution in [3.63, 3.8) is 0 Å². The van der Waals surface area contributed by atoms with Crippen LogP contribution in [0.1, 0.15) is 30.1 Å². The van der Waals surface area contributed by atoms with Crippen LogP contribution in [0.15, 0.2) is 23.1 Å². The third kappa shape index (κ3) is 3.70. The highest BCUT2D eigenvalue weighted by Crippen LogP contribution is 2.31. The number of hydrogen-bond donors (Lipinski definition) is 1. The third-order valence-electron chi connectivity index (χ3n) is 3.73. The monoisotopic (exact) mass is 356 g/mol. The van der Waals surface area contributed by atoms with Gasteiger partial charge in [-0.25, -0.2) is 13.2 Å². The molecule has 1 unspecified atom stereocenters. The Morgan fingerprint density at radius 3 is 2.33 bits per heavy atom. The van der Waals surface area contributed by atoms with Gasteiger partial charge in [-0.2, -0.15) is 0 Å². The fourth-order valence-corrected chi connectivity index (χ4v) is 2.98. The number of carbonyl (C=O) groups is 2. The lowest BCUT2D eigenvalue weighted by molar-refractivity contribution is -0.385. The molecule has 9 nitrogen and oxygen atoms in total. The summed E-state index contributed by atoms with van der Waals surface area (Å²) in [6.45, 7) is 1.34. The van der Waals surface area contributed by atoms with Crippen LogP contribution in [-0.4, -0.2) is 53.6 Å². The van der Waals surface area contributed by atoms with Gasteiger partial charge >= 0.3 is 5.97 Å².